The molecule has 0 aliphatic rings. The van der Waals surface area contributed by atoms with Crippen LogP contribution in [0, 0.1) is 0 Å². The van der Waals surface area contributed by atoms with Crippen molar-refractivity contribution in [3.8, 4) is 22.9 Å². The van der Waals surface area contributed by atoms with E-state index in [9.17, 15) is 4.39 Å². The monoisotopic (exact) mass is 439 g/mol. The number of fused-ring (bicyclic) bond motifs is 1. The highest BCUT2D eigenvalue weighted by molar-refractivity contribution is 6.32. The lowest BCUT2D eigenvalue weighted by atomic mass is 10.1. The molecule has 0 aliphatic carbocycles. The Morgan fingerprint density at radius 3 is 2.58 bits per heavy atom. The summed E-state index contributed by atoms with van der Waals surface area (Å²) in [6.07, 6.45) is 1.70. The molecule has 4 rings (SSSR count). The largest absolute Gasteiger partial charge is 0.489 e. The summed E-state index contributed by atoms with van der Waals surface area (Å²) in [7, 11) is 0. The molecule has 2 aromatic heterocycles. The number of pyridine rings is 1. The average Bonchev–Trinajstić information content (AvgIpc) is 2.78. The van der Waals surface area contributed by atoms with Crippen molar-refractivity contribution < 1.29 is 13.9 Å². The molecule has 0 bridgehead atoms. The van der Waals surface area contributed by atoms with E-state index in [0.29, 0.717) is 51.1 Å². The van der Waals surface area contributed by atoms with Gasteiger partial charge in [0, 0.05) is 23.2 Å². The van der Waals surface area contributed by atoms with Crippen LogP contribution in [0.15, 0.2) is 54.7 Å². The van der Waals surface area contributed by atoms with E-state index in [2.05, 4.69) is 15.0 Å². The molecule has 4 N–H and O–H groups in total. The lowest BCUT2D eigenvalue weighted by molar-refractivity contribution is 0.275. The van der Waals surface area contributed by atoms with Gasteiger partial charge < -0.3 is 20.9 Å². The molecule has 158 valence electrons. The predicted molar refractivity (Wildman–Crippen MR) is 119 cm³/mol. The van der Waals surface area contributed by atoms with Crippen molar-refractivity contribution in [3.05, 3.63) is 65.4 Å². The van der Waals surface area contributed by atoms with E-state index in [-0.39, 0.29) is 12.4 Å². The van der Waals surface area contributed by atoms with Crippen molar-refractivity contribution in [3.63, 3.8) is 0 Å². The predicted octanol–water partition coefficient (Wildman–Crippen LogP) is 4.44. The van der Waals surface area contributed by atoms with E-state index < -0.39 is 6.67 Å². The molecule has 0 fully saturated rings. The highest BCUT2D eigenvalue weighted by Gasteiger charge is 2.13. The number of benzene rings is 2. The van der Waals surface area contributed by atoms with Crippen LogP contribution in [0.2, 0.25) is 5.02 Å². The van der Waals surface area contributed by atoms with Gasteiger partial charge in [0.2, 0.25) is 0 Å². The number of ether oxygens (including phenoxy) is 2. The Balaban J connectivity index is 1.63. The molecule has 7 nitrogen and oxygen atoms in total. The van der Waals surface area contributed by atoms with Gasteiger partial charge in [0.1, 0.15) is 37.2 Å². The Morgan fingerprint density at radius 1 is 0.968 bits per heavy atom. The Hall–Kier alpha value is -3.65. The van der Waals surface area contributed by atoms with Crippen LogP contribution in [0.1, 0.15) is 5.69 Å². The van der Waals surface area contributed by atoms with Crippen molar-refractivity contribution in [2.75, 3.05) is 24.7 Å². The molecule has 0 amide bonds. The SMILES string of the molecule is Nc1cc2c(N)nc(-c3ccc(OCc4ccccn4)c(Cl)c3)nc2cc1OCCF. The maximum absolute atomic E-state index is 12.5. The van der Waals surface area contributed by atoms with Gasteiger partial charge in [-0.05, 0) is 36.4 Å². The minimum absolute atomic E-state index is 0.0985. The van der Waals surface area contributed by atoms with Gasteiger partial charge in [0.05, 0.1) is 21.9 Å². The summed E-state index contributed by atoms with van der Waals surface area (Å²) in [6.45, 7) is -0.428. The summed E-state index contributed by atoms with van der Waals surface area (Å²) in [4.78, 5) is 13.1. The standard InChI is InChI=1S/C22H19ClFN5O2/c23-16-9-13(4-5-19(16)31-12-14-3-1-2-7-27-14)22-28-18-11-20(30-8-6-24)17(25)10-15(18)21(26)29-22/h1-5,7,9-11H,6,8,12,25H2,(H2,26,28,29). The number of alkyl halides is 1. The first kappa shape index (κ1) is 20.6. The van der Waals surface area contributed by atoms with Crippen molar-refractivity contribution >= 4 is 34.0 Å². The zero-order valence-corrected chi connectivity index (χ0v) is 17.1. The van der Waals surface area contributed by atoms with Gasteiger partial charge in [-0.1, -0.05) is 17.7 Å². The molecule has 4 aromatic rings. The second kappa shape index (κ2) is 9.01. The van der Waals surface area contributed by atoms with E-state index in [1.807, 2.05) is 18.2 Å². The Kier molecular flexibility index (Phi) is 5.99. The van der Waals surface area contributed by atoms with Crippen LogP contribution in [0.25, 0.3) is 22.3 Å². The van der Waals surface area contributed by atoms with Gasteiger partial charge in [0.25, 0.3) is 0 Å². The van der Waals surface area contributed by atoms with Crippen LogP contribution in [0.3, 0.4) is 0 Å². The third kappa shape index (κ3) is 4.59. The molecule has 2 aromatic carbocycles. The number of rotatable bonds is 7. The Bertz CT molecular complexity index is 1220. The summed E-state index contributed by atoms with van der Waals surface area (Å²) < 4.78 is 23.5. The molecule has 31 heavy (non-hydrogen) atoms. The van der Waals surface area contributed by atoms with Gasteiger partial charge in [-0.3, -0.25) is 4.98 Å². The van der Waals surface area contributed by atoms with Crippen LogP contribution < -0.4 is 20.9 Å². The number of aromatic nitrogens is 3. The number of anilines is 2. The van der Waals surface area contributed by atoms with Crippen molar-refractivity contribution in [1.82, 2.24) is 15.0 Å². The average molecular weight is 440 g/mol. The fourth-order valence-corrected chi connectivity index (χ4v) is 3.23. The molecule has 9 heteroatoms. The lowest BCUT2D eigenvalue weighted by Gasteiger charge is -2.12. The molecule has 0 spiro atoms. The first-order chi connectivity index (χ1) is 15.0. The molecule has 2 heterocycles. The maximum atomic E-state index is 12.5. The van der Waals surface area contributed by atoms with Gasteiger partial charge in [-0.25, -0.2) is 14.4 Å². The molecule has 0 aliphatic heterocycles. The van der Waals surface area contributed by atoms with Crippen molar-refractivity contribution in [1.29, 1.82) is 0 Å². The Morgan fingerprint density at radius 2 is 1.84 bits per heavy atom. The molecule has 0 atom stereocenters. The van der Waals surface area contributed by atoms with Crippen LogP contribution in [-0.4, -0.2) is 28.2 Å². The molecule has 0 radical (unpaired) electrons. The molecular formula is C22H19ClFN5O2. The fourth-order valence-electron chi connectivity index (χ4n) is 2.99. The van der Waals surface area contributed by atoms with Crippen LogP contribution in [0.4, 0.5) is 15.9 Å². The third-order valence-corrected chi connectivity index (χ3v) is 4.78. The van der Waals surface area contributed by atoms with E-state index in [1.165, 1.54) is 0 Å². The second-order valence-corrected chi connectivity index (χ2v) is 7.04. The number of nitrogens with two attached hydrogens (primary N) is 2. The Labute approximate surface area is 182 Å². The summed E-state index contributed by atoms with van der Waals surface area (Å²) in [5, 5.41) is 0.982. The van der Waals surface area contributed by atoms with Gasteiger partial charge in [0.15, 0.2) is 5.82 Å². The zero-order valence-electron chi connectivity index (χ0n) is 16.4. The van der Waals surface area contributed by atoms with Gasteiger partial charge in [-0.2, -0.15) is 0 Å². The van der Waals surface area contributed by atoms with E-state index in [1.54, 1.807) is 36.5 Å². The van der Waals surface area contributed by atoms with Crippen LogP contribution in [0.5, 0.6) is 11.5 Å². The number of hydrogen-bond donors (Lipinski definition) is 2. The van der Waals surface area contributed by atoms with Gasteiger partial charge >= 0.3 is 0 Å². The number of halogens is 2. The smallest absolute Gasteiger partial charge is 0.162 e. The van der Waals surface area contributed by atoms with Crippen LogP contribution in [-0.2, 0) is 6.61 Å². The summed E-state index contributed by atoms with van der Waals surface area (Å²) in [5.41, 5.74) is 14.4. The topological polar surface area (TPSA) is 109 Å². The highest BCUT2D eigenvalue weighted by Crippen LogP contribution is 2.33. The number of nitrogen functional groups attached to an aromatic ring is 2. The molecule has 0 unspecified atom stereocenters. The fraction of sp³-hybridized carbons (Fsp3) is 0.136. The number of nitrogens with zero attached hydrogens (tertiary/aromatic N) is 3. The normalized spacial score (nSPS) is 10.9. The summed E-state index contributed by atoms with van der Waals surface area (Å²) in [5.74, 6) is 1.49. The van der Waals surface area contributed by atoms with Crippen molar-refractivity contribution in [2.24, 2.45) is 0 Å². The minimum atomic E-state index is -0.623. The quantitative estimate of drug-likeness (QED) is 0.410. The van der Waals surface area contributed by atoms with E-state index in [0.717, 1.165) is 5.69 Å². The maximum Gasteiger partial charge on any atom is 0.162 e. The third-order valence-electron chi connectivity index (χ3n) is 4.48. The van der Waals surface area contributed by atoms with Crippen LogP contribution >= 0.6 is 11.6 Å². The molecular weight excluding hydrogens is 421 g/mol. The lowest BCUT2D eigenvalue weighted by Crippen LogP contribution is -2.04. The zero-order chi connectivity index (χ0) is 21.8. The van der Waals surface area contributed by atoms with Crippen molar-refractivity contribution in [2.45, 2.75) is 6.61 Å². The first-order valence-electron chi connectivity index (χ1n) is 9.43. The molecule has 0 saturated carbocycles. The number of hydrogen-bond acceptors (Lipinski definition) is 7. The van der Waals surface area contributed by atoms with E-state index >= 15 is 0 Å². The highest BCUT2D eigenvalue weighted by atomic mass is 35.5. The summed E-state index contributed by atoms with van der Waals surface area (Å²) in [6, 6.07) is 14.1. The van der Waals surface area contributed by atoms with E-state index in [4.69, 9.17) is 32.5 Å². The van der Waals surface area contributed by atoms with Gasteiger partial charge in [-0.15, -0.1) is 0 Å². The molecule has 0 saturated heterocycles. The second-order valence-electron chi connectivity index (χ2n) is 6.63. The first-order valence-corrected chi connectivity index (χ1v) is 9.81. The summed E-state index contributed by atoms with van der Waals surface area (Å²) >= 11 is 6.40. The minimum Gasteiger partial charge on any atom is -0.489 e.